The summed E-state index contributed by atoms with van der Waals surface area (Å²) in [6.45, 7) is 13.3. The Kier molecular flexibility index (Phi) is 8.36. The number of amides is 2. The van der Waals surface area contributed by atoms with Crippen molar-refractivity contribution in [1.82, 2.24) is 14.7 Å². The average Bonchev–Trinajstić information content (AvgIpc) is 2.83. The van der Waals surface area contributed by atoms with Gasteiger partial charge in [-0.05, 0) is 64.3 Å². The van der Waals surface area contributed by atoms with Gasteiger partial charge in [-0.15, -0.1) is 0 Å². The largest absolute Gasteiger partial charge is 0.308 e. The summed E-state index contributed by atoms with van der Waals surface area (Å²) in [5.74, 6) is -0.521. The first-order valence-electron chi connectivity index (χ1n) is 11.7. The standard InChI is InChI=1S/C26H35N5O2/c1-5-14-29(6-2)16-9-15-28(4)17-18-31-25(32)21-11-8-10-20-23(30(7-3)19-27)13-12-22(24(20)21)26(31)33/h7-8,10-13,19,27H,3,5-6,9,14-18H2,1-2,4H3. The van der Waals surface area contributed by atoms with E-state index in [1.54, 1.807) is 17.0 Å². The normalized spacial score (nSPS) is 13.3. The van der Waals surface area contributed by atoms with Crippen molar-refractivity contribution >= 4 is 34.6 Å². The first kappa shape index (κ1) is 24.6. The Morgan fingerprint density at radius 2 is 1.73 bits per heavy atom. The zero-order valence-electron chi connectivity index (χ0n) is 20.0. The monoisotopic (exact) mass is 449 g/mol. The van der Waals surface area contributed by atoms with Crippen LogP contribution in [0.15, 0.2) is 43.1 Å². The Labute approximate surface area is 196 Å². The number of benzene rings is 2. The summed E-state index contributed by atoms with van der Waals surface area (Å²) >= 11 is 0. The highest BCUT2D eigenvalue weighted by Gasteiger charge is 2.33. The molecule has 1 aliphatic heterocycles. The molecule has 2 amide bonds. The minimum absolute atomic E-state index is 0.260. The zero-order chi connectivity index (χ0) is 24.0. The molecule has 0 saturated heterocycles. The van der Waals surface area contributed by atoms with E-state index in [4.69, 9.17) is 5.41 Å². The van der Waals surface area contributed by atoms with Crippen molar-refractivity contribution in [3.8, 4) is 0 Å². The maximum atomic E-state index is 13.3. The molecule has 0 aromatic heterocycles. The van der Waals surface area contributed by atoms with Crippen LogP contribution in [-0.2, 0) is 0 Å². The van der Waals surface area contributed by atoms with Gasteiger partial charge in [0.1, 0.15) is 0 Å². The van der Waals surface area contributed by atoms with Gasteiger partial charge in [0, 0.05) is 41.2 Å². The van der Waals surface area contributed by atoms with Crippen LogP contribution >= 0.6 is 0 Å². The Morgan fingerprint density at radius 3 is 2.36 bits per heavy atom. The van der Waals surface area contributed by atoms with Crippen LogP contribution < -0.4 is 4.90 Å². The van der Waals surface area contributed by atoms with Crippen molar-refractivity contribution in [2.75, 3.05) is 51.2 Å². The second kappa shape index (κ2) is 11.2. The molecule has 1 N–H and O–H groups in total. The number of imide groups is 1. The molecule has 0 unspecified atom stereocenters. The van der Waals surface area contributed by atoms with Gasteiger partial charge >= 0.3 is 0 Å². The van der Waals surface area contributed by atoms with Crippen molar-refractivity contribution in [2.24, 2.45) is 0 Å². The lowest BCUT2D eigenvalue weighted by atomic mass is 9.92. The van der Waals surface area contributed by atoms with Gasteiger partial charge in [0.05, 0.1) is 12.0 Å². The summed E-state index contributed by atoms with van der Waals surface area (Å²) in [6, 6.07) is 9.03. The van der Waals surface area contributed by atoms with E-state index in [9.17, 15) is 9.59 Å². The van der Waals surface area contributed by atoms with Crippen molar-refractivity contribution in [3.63, 3.8) is 0 Å². The minimum Gasteiger partial charge on any atom is -0.308 e. The van der Waals surface area contributed by atoms with Crippen LogP contribution in [0.3, 0.4) is 0 Å². The molecular formula is C26H35N5O2. The van der Waals surface area contributed by atoms with Gasteiger partial charge in [-0.2, -0.15) is 0 Å². The third kappa shape index (κ3) is 5.15. The highest BCUT2D eigenvalue weighted by molar-refractivity contribution is 6.27. The number of carbonyl (C=O) groups is 2. The van der Waals surface area contributed by atoms with E-state index < -0.39 is 0 Å². The van der Waals surface area contributed by atoms with E-state index in [0.29, 0.717) is 29.6 Å². The number of hydrogen-bond acceptors (Lipinski definition) is 5. The molecule has 0 atom stereocenters. The lowest BCUT2D eigenvalue weighted by Crippen LogP contribution is -2.44. The lowest BCUT2D eigenvalue weighted by Gasteiger charge is -2.30. The molecule has 0 saturated carbocycles. The number of carbonyl (C=O) groups excluding carboxylic acids is 2. The molecule has 0 aliphatic carbocycles. The van der Waals surface area contributed by atoms with Gasteiger partial charge < -0.3 is 14.7 Å². The van der Waals surface area contributed by atoms with Gasteiger partial charge in [-0.3, -0.25) is 19.9 Å². The van der Waals surface area contributed by atoms with E-state index >= 15 is 0 Å². The highest BCUT2D eigenvalue weighted by Crippen LogP contribution is 2.35. The molecule has 0 bridgehead atoms. The summed E-state index contributed by atoms with van der Waals surface area (Å²) < 4.78 is 0. The Bertz CT molecular complexity index is 1000. The van der Waals surface area contributed by atoms with Gasteiger partial charge in [-0.25, -0.2) is 0 Å². The van der Waals surface area contributed by atoms with Crippen LogP contribution in [0.5, 0.6) is 0 Å². The van der Waals surface area contributed by atoms with Crippen molar-refractivity contribution in [1.29, 1.82) is 5.41 Å². The van der Waals surface area contributed by atoms with E-state index in [0.717, 1.165) is 56.4 Å². The molecule has 33 heavy (non-hydrogen) atoms. The second-order valence-electron chi connectivity index (χ2n) is 8.43. The van der Waals surface area contributed by atoms with Gasteiger partial charge in [0.2, 0.25) is 0 Å². The topological polar surface area (TPSA) is 71.0 Å². The third-order valence-corrected chi connectivity index (χ3v) is 6.29. The van der Waals surface area contributed by atoms with E-state index in [1.165, 1.54) is 11.1 Å². The molecule has 1 heterocycles. The van der Waals surface area contributed by atoms with Crippen LogP contribution in [0, 0.1) is 5.41 Å². The van der Waals surface area contributed by atoms with Gasteiger partial charge in [0.15, 0.2) is 0 Å². The number of hydrogen-bond donors (Lipinski definition) is 1. The predicted octanol–water partition coefficient (Wildman–Crippen LogP) is 4.05. The number of nitrogens with one attached hydrogen (secondary N) is 1. The summed E-state index contributed by atoms with van der Waals surface area (Å²) in [6.07, 6.45) is 4.91. The summed E-state index contributed by atoms with van der Waals surface area (Å²) in [5.41, 5.74) is 1.77. The predicted molar refractivity (Wildman–Crippen MR) is 135 cm³/mol. The van der Waals surface area contributed by atoms with Crippen molar-refractivity contribution < 1.29 is 9.59 Å². The molecule has 1 aliphatic rings. The fraction of sp³-hybridized carbons (Fsp3) is 0.423. The highest BCUT2D eigenvalue weighted by atomic mass is 16.2. The molecule has 0 fully saturated rings. The molecule has 3 rings (SSSR count). The Balaban J connectivity index is 1.73. The van der Waals surface area contributed by atoms with Gasteiger partial charge in [-0.1, -0.05) is 32.6 Å². The molecule has 0 radical (unpaired) electrons. The van der Waals surface area contributed by atoms with Crippen LogP contribution in [-0.4, -0.2) is 79.2 Å². The summed E-state index contributed by atoms with van der Waals surface area (Å²) in [5, 5.41) is 9.04. The molecule has 7 heteroatoms. The molecule has 2 aromatic carbocycles. The van der Waals surface area contributed by atoms with E-state index in [-0.39, 0.29) is 11.8 Å². The molecule has 2 aromatic rings. The number of likely N-dealkylation sites (N-methyl/N-ethyl adjacent to an activating group) is 1. The Morgan fingerprint density at radius 1 is 1.00 bits per heavy atom. The smallest absolute Gasteiger partial charge is 0.261 e. The van der Waals surface area contributed by atoms with Crippen LogP contribution in [0.2, 0.25) is 0 Å². The Hall–Kier alpha value is -3.03. The fourth-order valence-corrected chi connectivity index (χ4v) is 4.47. The first-order valence-corrected chi connectivity index (χ1v) is 11.7. The molecular weight excluding hydrogens is 414 g/mol. The van der Waals surface area contributed by atoms with E-state index in [1.807, 2.05) is 25.2 Å². The molecule has 176 valence electrons. The van der Waals surface area contributed by atoms with Crippen molar-refractivity contribution in [2.45, 2.75) is 26.7 Å². The fourth-order valence-electron chi connectivity index (χ4n) is 4.47. The number of anilines is 1. The molecule has 7 nitrogen and oxygen atoms in total. The average molecular weight is 450 g/mol. The maximum absolute atomic E-state index is 13.3. The van der Waals surface area contributed by atoms with Crippen LogP contribution in [0.1, 0.15) is 47.4 Å². The number of nitrogens with zero attached hydrogens (tertiary/aromatic N) is 4. The molecule has 0 spiro atoms. The quantitative estimate of drug-likeness (QED) is 0.284. The lowest BCUT2D eigenvalue weighted by molar-refractivity contribution is 0.0597. The van der Waals surface area contributed by atoms with Gasteiger partial charge in [0.25, 0.3) is 11.8 Å². The number of rotatable bonds is 13. The summed E-state index contributed by atoms with van der Waals surface area (Å²) in [7, 11) is 2.04. The van der Waals surface area contributed by atoms with Crippen LogP contribution in [0.25, 0.3) is 10.8 Å². The first-order chi connectivity index (χ1) is 16.0. The third-order valence-electron chi connectivity index (χ3n) is 6.29. The SMILES string of the molecule is C=CN(C=N)c1ccc2c3c(cccc13)C(=O)N(CCN(C)CCCN(CC)CCC)C2=O. The minimum atomic E-state index is -0.260. The zero-order valence-corrected chi connectivity index (χ0v) is 20.0. The second-order valence-corrected chi connectivity index (χ2v) is 8.43. The van der Waals surface area contributed by atoms with Crippen LogP contribution in [0.4, 0.5) is 5.69 Å². The summed E-state index contributed by atoms with van der Waals surface area (Å²) in [4.78, 5) is 34.1. The van der Waals surface area contributed by atoms with Crippen molar-refractivity contribution in [3.05, 3.63) is 54.2 Å². The maximum Gasteiger partial charge on any atom is 0.261 e. The van der Waals surface area contributed by atoms with E-state index in [2.05, 4.69) is 30.2 Å².